The monoisotopic (exact) mass is 570 g/mol. The van der Waals surface area contributed by atoms with E-state index in [0.29, 0.717) is 19.6 Å². The maximum atomic E-state index is 14.3. The Hall–Kier alpha value is -3.71. The summed E-state index contributed by atoms with van der Waals surface area (Å²) in [7, 11) is 2.20. The maximum absolute atomic E-state index is 14.3. The van der Waals surface area contributed by atoms with Gasteiger partial charge in [-0.3, -0.25) is 9.69 Å². The van der Waals surface area contributed by atoms with Crippen molar-refractivity contribution >= 4 is 23.4 Å². The van der Waals surface area contributed by atoms with Crippen LogP contribution in [0.2, 0.25) is 0 Å². The Labute approximate surface area is 247 Å². The van der Waals surface area contributed by atoms with Gasteiger partial charge in [0.1, 0.15) is 11.6 Å². The molecule has 5 aliphatic rings. The van der Waals surface area contributed by atoms with E-state index in [9.17, 15) is 14.4 Å². The lowest BCUT2D eigenvalue weighted by Gasteiger charge is -2.61. The van der Waals surface area contributed by atoms with Gasteiger partial charge < -0.3 is 19.6 Å². The fourth-order valence-corrected chi connectivity index (χ4v) is 7.78. The molecule has 1 aromatic heterocycles. The summed E-state index contributed by atoms with van der Waals surface area (Å²) < 4.78 is 14.3. The van der Waals surface area contributed by atoms with Gasteiger partial charge >= 0.3 is 0 Å². The van der Waals surface area contributed by atoms with Gasteiger partial charge in [0, 0.05) is 69.5 Å². The van der Waals surface area contributed by atoms with Crippen molar-refractivity contribution in [1.29, 1.82) is 5.26 Å². The summed E-state index contributed by atoms with van der Waals surface area (Å²) in [4.78, 5) is 34.2. The van der Waals surface area contributed by atoms with Gasteiger partial charge in [-0.25, -0.2) is 9.37 Å². The molecule has 0 radical (unpaired) electrons. The molecule has 1 amide bonds. The van der Waals surface area contributed by atoms with Gasteiger partial charge in [-0.05, 0) is 62.9 Å². The SMILES string of the molecule is C=CC(=O)N1CCN(c2nc(N3CC4(CCN4C)C3)nc3c2CC[C@@H](N2CCCc4ccc(F)cc42)C3)C[C@@H]1CC#N. The first-order chi connectivity index (χ1) is 20.4. The number of amides is 1. The van der Waals surface area contributed by atoms with E-state index in [0.717, 1.165) is 81.4 Å². The molecule has 4 aliphatic heterocycles. The van der Waals surface area contributed by atoms with Crippen LogP contribution < -0.4 is 14.7 Å². The molecule has 0 saturated carbocycles. The number of halogens is 1. The standard InChI is InChI=1S/C32H39FN8O/c1-3-29(42)41-16-15-38(19-25(41)10-12-34)30-26-9-8-24(40-13-4-5-22-6-7-23(33)17-28(22)40)18-27(26)35-31(36-30)39-20-32(21-39)11-14-37(32)2/h3,6-7,17,24-25H,1,4-5,8-11,13-16,18-21H2,2H3/t24-,25+/m1/s1. The molecule has 0 bridgehead atoms. The minimum Gasteiger partial charge on any atom is -0.368 e. The van der Waals surface area contributed by atoms with E-state index in [1.807, 2.05) is 6.07 Å². The third-order valence-electron chi connectivity index (χ3n) is 10.4. The molecule has 9 nitrogen and oxygen atoms in total. The molecule has 2 atom stereocenters. The minimum atomic E-state index is -0.213. The van der Waals surface area contributed by atoms with Crippen LogP contribution in [-0.4, -0.2) is 96.2 Å². The number of piperazine rings is 1. The first-order valence-electron chi connectivity index (χ1n) is 15.3. The van der Waals surface area contributed by atoms with Gasteiger partial charge in [0.15, 0.2) is 0 Å². The number of rotatable bonds is 5. The molecular formula is C32H39FN8O. The Morgan fingerprint density at radius 2 is 2.05 bits per heavy atom. The molecular weight excluding hydrogens is 531 g/mol. The van der Waals surface area contributed by atoms with Gasteiger partial charge in [0.25, 0.3) is 0 Å². The first-order valence-corrected chi connectivity index (χ1v) is 15.3. The molecule has 220 valence electrons. The summed E-state index contributed by atoms with van der Waals surface area (Å²) in [6.45, 7) is 9.34. The highest BCUT2D eigenvalue weighted by Gasteiger charge is 2.52. The number of likely N-dealkylation sites (tertiary alicyclic amines) is 1. The molecule has 2 aromatic rings. The second-order valence-corrected chi connectivity index (χ2v) is 12.7. The smallest absolute Gasteiger partial charge is 0.246 e. The number of fused-ring (bicyclic) bond motifs is 2. The van der Waals surface area contributed by atoms with Crippen molar-refractivity contribution in [3.05, 3.63) is 53.5 Å². The van der Waals surface area contributed by atoms with Crippen LogP contribution >= 0.6 is 0 Å². The van der Waals surface area contributed by atoms with E-state index in [-0.39, 0.29) is 35.8 Å². The van der Waals surface area contributed by atoms with Gasteiger partial charge in [-0.1, -0.05) is 12.6 Å². The number of nitrogens with zero attached hydrogens (tertiary/aromatic N) is 8. The van der Waals surface area contributed by atoms with Crippen molar-refractivity contribution in [2.45, 2.75) is 62.6 Å². The molecule has 1 spiro atoms. The van der Waals surface area contributed by atoms with Crippen molar-refractivity contribution in [3.63, 3.8) is 0 Å². The Morgan fingerprint density at radius 1 is 1.19 bits per heavy atom. The third kappa shape index (κ3) is 4.49. The Bertz CT molecular complexity index is 1450. The Kier molecular flexibility index (Phi) is 6.81. The van der Waals surface area contributed by atoms with Gasteiger partial charge in [0.05, 0.1) is 29.8 Å². The second-order valence-electron chi connectivity index (χ2n) is 12.7. The molecule has 0 unspecified atom stereocenters. The molecule has 3 saturated heterocycles. The lowest BCUT2D eigenvalue weighted by Crippen LogP contribution is -2.76. The largest absolute Gasteiger partial charge is 0.368 e. The van der Waals surface area contributed by atoms with Crippen LogP contribution in [0.1, 0.15) is 42.5 Å². The average Bonchev–Trinajstić information content (AvgIpc) is 2.98. The Morgan fingerprint density at radius 3 is 2.79 bits per heavy atom. The van der Waals surface area contributed by atoms with Crippen molar-refractivity contribution in [3.8, 4) is 6.07 Å². The predicted molar refractivity (Wildman–Crippen MR) is 160 cm³/mol. The van der Waals surface area contributed by atoms with Crippen molar-refractivity contribution in [2.24, 2.45) is 0 Å². The van der Waals surface area contributed by atoms with E-state index in [1.165, 1.54) is 23.6 Å². The summed E-state index contributed by atoms with van der Waals surface area (Å²) in [5.41, 5.74) is 4.77. The minimum absolute atomic E-state index is 0.128. The average molecular weight is 571 g/mol. The normalized spacial score (nSPS) is 24.8. The van der Waals surface area contributed by atoms with E-state index < -0.39 is 0 Å². The number of carbonyl (C=O) groups is 1. The first kappa shape index (κ1) is 27.1. The summed E-state index contributed by atoms with van der Waals surface area (Å²) >= 11 is 0. The zero-order valence-electron chi connectivity index (χ0n) is 24.4. The topological polar surface area (TPSA) is 82.8 Å². The zero-order valence-corrected chi connectivity index (χ0v) is 24.4. The van der Waals surface area contributed by atoms with E-state index in [2.05, 4.69) is 39.3 Å². The Balaban J connectivity index is 1.21. The highest BCUT2D eigenvalue weighted by atomic mass is 19.1. The van der Waals surface area contributed by atoms with Crippen LogP contribution in [0.3, 0.4) is 0 Å². The summed E-state index contributed by atoms with van der Waals surface area (Å²) in [6.07, 6.45) is 7.46. The summed E-state index contributed by atoms with van der Waals surface area (Å²) in [5, 5.41) is 9.54. The quantitative estimate of drug-likeness (QED) is 0.508. The van der Waals surface area contributed by atoms with Crippen LogP contribution in [0, 0.1) is 17.1 Å². The molecule has 10 heteroatoms. The number of benzene rings is 1. The molecule has 5 heterocycles. The number of anilines is 3. The molecule has 1 aromatic carbocycles. The fraction of sp³-hybridized carbons (Fsp3) is 0.562. The second kappa shape index (κ2) is 10.5. The van der Waals surface area contributed by atoms with Crippen LogP contribution in [0.15, 0.2) is 30.9 Å². The number of carbonyl (C=O) groups excluding carboxylic acids is 1. The number of hydrogen-bond acceptors (Lipinski definition) is 8. The fourth-order valence-electron chi connectivity index (χ4n) is 7.78. The van der Waals surface area contributed by atoms with Crippen molar-refractivity contribution in [1.82, 2.24) is 19.8 Å². The van der Waals surface area contributed by atoms with Crippen molar-refractivity contribution < 1.29 is 9.18 Å². The molecule has 1 aliphatic carbocycles. The van der Waals surface area contributed by atoms with Gasteiger partial charge in [-0.15, -0.1) is 0 Å². The number of aromatic nitrogens is 2. The highest BCUT2D eigenvalue weighted by Crippen LogP contribution is 2.41. The number of hydrogen-bond donors (Lipinski definition) is 0. The van der Waals surface area contributed by atoms with Crippen LogP contribution in [0.4, 0.5) is 21.8 Å². The van der Waals surface area contributed by atoms with E-state index in [4.69, 9.17) is 9.97 Å². The number of likely N-dealkylation sites (N-methyl/N-ethyl adjacent to an activating group) is 1. The van der Waals surface area contributed by atoms with Crippen LogP contribution in [0.5, 0.6) is 0 Å². The van der Waals surface area contributed by atoms with Crippen LogP contribution in [0.25, 0.3) is 0 Å². The highest BCUT2D eigenvalue weighted by molar-refractivity contribution is 5.87. The maximum Gasteiger partial charge on any atom is 0.246 e. The van der Waals surface area contributed by atoms with Crippen LogP contribution in [-0.2, 0) is 24.1 Å². The molecule has 0 N–H and O–H groups in total. The van der Waals surface area contributed by atoms with E-state index >= 15 is 0 Å². The van der Waals surface area contributed by atoms with Gasteiger partial charge in [0.2, 0.25) is 11.9 Å². The lowest BCUT2D eigenvalue weighted by molar-refractivity contribution is -0.128. The molecule has 3 fully saturated rings. The van der Waals surface area contributed by atoms with Crippen molar-refractivity contribution in [2.75, 3.05) is 67.6 Å². The number of aryl methyl sites for hydroxylation is 1. The third-order valence-corrected chi connectivity index (χ3v) is 10.4. The van der Waals surface area contributed by atoms with E-state index in [1.54, 1.807) is 17.0 Å². The lowest BCUT2D eigenvalue weighted by atomic mass is 9.78. The summed E-state index contributed by atoms with van der Waals surface area (Å²) in [6, 6.07) is 7.54. The van der Waals surface area contributed by atoms with Gasteiger partial charge in [-0.2, -0.15) is 10.2 Å². The molecule has 7 rings (SSSR count). The predicted octanol–water partition coefficient (Wildman–Crippen LogP) is 2.94. The summed E-state index contributed by atoms with van der Waals surface area (Å²) in [5.74, 6) is 1.42. The number of nitriles is 1. The molecule has 42 heavy (non-hydrogen) atoms. The zero-order chi connectivity index (χ0) is 29.0.